The number of anilines is 2. The molecule has 0 saturated heterocycles. The molecule has 2 rings (SSSR count). The molecule has 0 radical (unpaired) electrons. The molecule has 1 heterocycles. The van der Waals surface area contributed by atoms with E-state index in [-0.39, 0.29) is 17.4 Å². The Morgan fingerprint density at radius 2 is 1.96 bits per heavy atom. The molecular formula is C16H17F3N4O. The van der Waals surface area contributed by atoms with Crippen LogP contribution in [0.3, 0.4) is 0 Å². The fraction of sp³-hybridized carbons (Fsp3) is 0.312. The maximum Gasteiger partial charge on any atom is 0.416 e. The van der Waals surface area contributed by atoms with E-state index >= 15 is 0 Å². The number of nitrogens with one attached hydrogen (secondary N) is 2. The molecule has 0 fully saturated rings. The molecule has 0 aliphatic heterocycles. The highest BCUT2D eigenvalue weighted by molar-refractivity contribution is 6.02. The van der Waals surface area contributed by atoms with Crippen molar-refractivity contribution in [3.63, 3.8) is 0 Å². The third kappa shape index (κ3) is 4.68. The number of alkyl halides is 3. The fourth-order valence-electron chi connectivity index (χ4n) is 1.85. The quantitative estimate of drug-likeness (QED) is 0.866. The second kappa shape index (κ2) is 7.29. The minimum atomic E-state index is -4.47. The number of carbonyl (C=O) groups is 1. The Balaban J connectivity index is 2.07. The fourth-order valence-corrected chi connectivity index (χ4v) is 1.85. The number of benzene rings is 1. The summed E-state index contributed by atoms with van der Waals surface area (Å²) in [5, 5.41) is 13.2. The lowest BCUT2D eigenvalue weighted by atomic mass is 10.2. The van der Waals surface area contributed by atoms with E-state index in [4.69, 9.17) is 0 Å². The molecule has 1 aromatic heterocycles. The lowest BCUT2D eigenvalue weighted by molar-refractivity contribution is -0.137. The molecule has 5 nitrogen and oxygen atoms in total. The van der Waals surface area contributed by atoms with Crippen LogP contribution in [0, 0.1) is 0 Å². The molecule has 0 spiro atoms. The average Bonchev–Trinajstić information content (AvgIpc) is 2.54. The molecule has 8 heteroatoms. The molecule has 0 aliphatic rings. The first-order chi connectivity index (χ1) is 11.3. The summed E-state index contributed by atoms with van der Waals surface area (Å²) in [6.07, 6.45) is -3.57. The monoisotopic (exact) mass is 338 g/mol. The summed E-state index contributed by atoms with van der Waals surface area (Å²) < 4.78 is 38.0. The van der Waals surface area contributed by atoms with Gasteiger partial charge in [-0.25, -0.2) is 0 Å². The lowest BCUT2D eigenvalue weighted by Gasteiger charge is -2.12. The van der Waals surface area contributed by atoms with Crippen LogP contribution in [0.2, 0.25) is 0 Å². The van der Waals surface area contributed by atoms with Crippen molar-refractivity contribution in [1.82, 2.24) is 10.2 Å². The first-order valence-electron chi connectivity index (χ1n) is 7.38. The number of aromatic nitrogens is 2. The maximum atomic E-state index is 12.7. The van der Waals surface area contributed by atoms with E-state index in [9.17, 15) is 18.0 Å². The summed E-state index contributed by atoms with van der Waals surface area (Å²) in [4.78, 5) is 12.0. The van der Waals surface area contributed by atoms with Gasteiger partial charge in [-0.3, -0.25) is 4.79 Å². The summed E-state index contributed by atoms with van der Waals surface area (Å²) in [7, 11) is 0. The predicted octanol–water partition coefficient (Wildman–Crippen LogP) is 3.96. The van der Waals surface area contributed by atoms with E-state index in [1.165, 1.54) is 18.2 Å². The number of carbonyl (C=O) groups excluding carboxylic acids is 1. The first-order valence-corrected chi connectivity index (χ1v) is 7.38. The van der Waals surface area contributed by atoms with Gasteiger partial charge in [0.2, 0.25) is 0 Å². The number of hydrogen-bond donors (Lipinski definition) is 2. The third-order valence-electron chi connectivity index (χ3n) is 3.35. The van der Waals surface area contributed by atoms with Crippen LogP contribution in [0.5, 0.6) is 0 Å². The second-order valence-electron chi connectivity index (χ2n) is 5.29. The molecule has 2 N–H and O–H groups in total. The van der Waals surface area contributed by atoms with E-state index < -0.39 is 17.6 Å². The maximum absolute atomic E-state index is 12.7. The van der Waals surface area contributed by atoms with Crippen molar-refractivity contribution in [1.29, 1.82) is 0 Å². The van der Waals surface area contributed by atoms with Crippen molar-refractivity contribution >= 4 is 17.4 Å². The van der Waals surface area contributed by atoms with Crippen LogP contribution in [0.15, 0.2) is 36.4 Å². The zero-order valence-corrected chi connectivity index (χ0v) is 13.2. The number of amides is 1. The predicted molar refractivity (Wildman–Crippen MR) is 84.8 cm³/mol. The highest BCUT2D eigenvalue weighted by Gasteiger charge is 2.30. The van der Waals surface area contributed by atoms with Crippen molar-refractivity contribution in [3.8, 4) is 0 Å². The van der Waals surface area contributed by atoms with Crippen LogP contribution in [0.4, 0.5) is 24.7 Å². The molecule has 0 aliphatic carbocycles. The second-order valence-corrected chi connectivity index (χ2v) is 5.29. The normalized spacial score (nSPS) is 12.5. The largest absolute Gasteiger partial charge is 0.416 e. The van der Waals surface area contributed by atoms with Gasteiger partial charge in [0, 0.05) is 11.7 Å². The first kappa shape index (κ1) is 17.7. The van der Waals surface area contributed by atoms with Crippen LogP contribution in [0.1, 0.15) is 36.3 Å². The van der Waals surface area contributed by atoms with Gasteiger partial charge in [0.25, 0.3) is 5.91 Å². The summed E-state index contributed by atoms with van der Waals surface area (Å²) in [5.41, 5.74) is -0.778. The molecule has 128 valence electrons. The zero-order valence-electron chi connectivity index (χ0n) is 13.2. The molecule has 24 heavy (non-hydrogen) atoms. The van der Waals surface area contributed by atoms with E-state index in [2.05, 4.69) is 20.8 Å². The van der Waals surface area contributed by atoms with E-state index in [1.54, 1.807) is 6.07 Å². The highest BCUT2D eigenvalue weighted by atomic mass is 19.4. The highest BCUT2D eigenvalue weighted by Crippen LogP contribution is 2.30. The van der Waals surface area contributed by atoms with Crippen molar-refractivity contribution in [2.45, 2.75) is 32.5 Å². The Morgan fingerprint density at radius 3 is 2.54 bits per heavy atom. The lowest BCUT2D eigenvalue weighted by Crippen LogP contribution is -2.17. The van der Waals surface area contributed by atoms with Gasteiger partial charge in [0.1, 0.15) is 5.82 Å². The standard InChI is InChI=1S/C16H17F3N4O/c1-3-10(2)20-14-8-7-13(22-23-14)15(24)21-12-6-4-5-11(9-12)16(17,18)19/h4-10H,3H2,1-2H3,(H,20,23)(H,21,24). The molecule has 0 bridgehead atoms. The van der Waals surface area contributed by atoms with Crippen molar-refractivity contribution < 1.29 is 18.0 Å². The van der Waals surface area contributed by atoms with Gasteiger partial charge in [0.15, 0.2) is 5.69 Å². The summed E-state index contributed by atoms with van der Waals surface area (Å²) in [6.45, 7) is 4.00. The third-order valence-corrected chi connectivity index (χ3v) is 3.35. The average molecular weight is 338 g/mol. The Labute approximate surface area is 137 Å². The number of hydrogen-bond acceptors (Lipinski definition) is 4. The topological polar surface area (TPSA) is 66.9 Å². The minimum absolute atomic E-state index is 0.0158. The van der Waals surface area contributed by atoms with Gasteiger partial charge in [-0.1, -0.05) is 13.0 Å². The Hall–Kier alpha value is -2.64. The molecular weight excluding hydrogens is 321 g/mol. The summed E-state index contributed by atoms with van der Waals surface area (Å²) in [6, 6.07) is 7.67. The van der Waals surface area contributed by atoms with Crippen molar-refractivity contribution in [3.05, 3.63) is 47.7 Å². The van der Waals surface area contributed by atoms with Crippen molar-refractivity contribution in [2.75, 3.05) is 10.6 Å². The number of rotatable bonds is 5. The van der Waals surface area contributed by atoms with Crippen LogP contribution in [-0.2, 0) is 6.18 Å². The van der Waals surface area contributed by atoms with Crippen LogP contribution >= 0.6 is 0 Å². The zero-order chi connectivity index (χ0) is 17.7. The molecule has 1 unspecified atom stereocenters. The van der Waals surface area contributed by atoms with E-state index in [1.807, 2.05) is 13.8 Å². The van der Waals surface area contributed by atoms with Crippen LogP contribution in [-0.4, -0.2) is 22.1 Å². The molecule has 1 atom stereocenters. The molecule has 0 saturated carbocycles. The minimum Gasteiger partial charge on any atom is -0.366 e. The van der Waals surface area contributed by atoms with Gasteiger partial charge in [-0.2, -0.15) is 13.2 Å². The Morgan fingerprint density at radius 1 is 1.21 bits per heavy atom. The van der Waals surface area contributed by atoms with Crippen molar-refractivity contribution in [2.24, 2.45) is 0 Å². The Bertz CT molecular complexity index is 701. The SMILES string of the molecule is CCC(C)Nc1ccc(C(=O)Nc2cccc(C(F)(F)F)c2)nn1. The molecule has 1 aromatic carbocycles. The summed E-state index contributed by atoms with van der Waals surface area (Å²) in [5.74, 6) is -0.100. The Kier molecular flexibility index (Phi) is 5.38. The molecule has 2 aromatic rings. The van der Waals surface area contributed by atoms with E-state index in [0.29, 0.717) is 5.82 Å². The number of halogens is 3. The summed E-state index contributed by atoms with van der Waals surface area (Å²) >= 11 is 0. The van der Waals surface area contributed by atoms with Gasteiger partial charge >= 0.3 is 6.18 Å². The van der Waals surface area contributed by atoms with Crippen LogP contribution < -0.4 is 10.6 Å². The number of nitrogens with zero attached hydrogens (tertiary/aromatic N) is 2. The van der Waals surface area contributed by atoms with Gasteiger partial charge < -0.3 is 10.6 Å². The smallest absolute Gasteiger partial charge is 0.366 e. The molecule has 1 amide bonds. The van der Waals surface area contributed by atoms with Gasteiger partial charge in [0.05, 0.1) is 5.56 Å². The van der Waals surface area contributed by atoms with Crippen LogP contribution in [0.25, 0.3) is 0 Å². The van der Waals surface area contributed by atoms with E-state index in [0.717, 1.165) is 18.6 Å². The van der Waals surface area contributed by atoms with Gasteiger partial charge in [-0.05, 0) is 43.7 Å². The van der Waals surface area contributed by atoms with Gasteiger partial charge in [-0.15, -0.1) is 10.2 Å².